The molecule has 0 fully saturated rings. The molecule has 3 rings (SSSR count). The lowest BCUT2D eigenvalue weighted by molar-refractivity contribution is 0.474. The summed E-state index contributed by atoms with van der Waals surface area (Å²) in [5.41, 5.74) is 2.35. The molecular weight excluding hydrogens is 233 g/mol. The zero-order valence-electron chi connectivity index (χ0n) is 9.64. The van der Waals surface area contributed by atoms with Gasteiger partial charge in [-0.05, 0) is 18.6 Å². The number of phenols is 1. The molecule has 0 bridgehead atoms. The Morgan fingerprint density at radius 3 is 2.78 bits per heavy atom. The van der Waals surface area contributed by atoms with Crippen molar-refractivity contribution in [3.05, 3.63) is 47.8 Å². The third-order valence-electron chi connectivity index (χ3n) is 2.82. The van der Waals surface area contributed by atoms with E-state index in [4.69, 9.17) is 4.42 Å². The topological polar surface area (TPSA) is 46.3 Å². The van der Waals surface area contributed by atoms with Gasteiger partial charge in [-0.15, -0.1) is 0 Å². The van der Waals surface area contributed by atoms with Gasteiger partial charge in [-0.3, -0.25) is 0 Å². The molecule has 3 aromatic rings. The fraction of sp³-hybridized carbons (Fsp3) is 0.0714. The van der Waals surface area contributed by atoms with Crippen LogP contribution in [0, 0.1) is 12.7 Å². The minimum atomic E-state index is -0.549. The Morgan fingerprint density at radius 2 is 2.00 bits per heavy atom. The molecule has 0 saturated carbocycles. The van der Waals surface area contributed by atoms with Crippen LogP contribution in [0.3, 0.4) is 0 Å². The van der Waals surface area contributed by atoms with Crippen LogP contribution >= 0.6 is 0 Å². The fourth-order valence-corrected chi connectivity index (χ4v) is 1.91. The number of benzene rings is 2. The highest BCUT2D eigenvalue weighted by Gasteiger charge is 2.13. The van der Waals surface area contributed by atoms with Gasteiger partial charge in [-0.25, -0.2) is 9.37 Å². The molecule has 1 aromatic heterocycles. The Morgan fingerprint density at radius 1 is 1.22 bits per heavy atom. The number of halogens is 1. The first kappa shape index (κ1) is 10.8. The number of hydrogen-bond acceptors (Lipinski definition) is 3. The Bertz CT molecular complexity index is 734. The van der Waals surface area contributed by atoms with E-state index in [-0.39, 0.29) is 16.8 Å². The normalized spacial score (nSPS) is 11.0. The Labute approximate surface area is 103 Å². The van der Waals surface area contributed by atoms with Crippen molar-refractivity contribution in [1.29, 1.82) is 0 Å². The van der Waals surface area contributed by atoms with Crippen molar-refractivity contribution in [2.24, 2.45) is 0 Å². The van der Waals surface area contributed by atoms with Gasteiger partial charge in [-0.2, -0.15) is 0 Å². The Hall–Kier alpha value is -2.36. The first-order valence-electron chi connectivity index (χ1n) is 5.50. The molecule has 0 spiro atoms. The highest BCUT2D eigenvalue weighted by Crippen LogP contribution is 2.31. The molecule has 0 aliphatic heterocycles. The van der Waals surface area contributed by atoms with Gasteiger partial charge in [0.05, 0.1) is 0 Å². The molecule has 2 aromatic carbocycles. The second-order valence-corrected chi connectivity index (χ2v) is 4.11. The van der Waals surface area contributed by atoms with Crippen LogP contribution in [0.1, 0.15) is 5.56 Å². The maximum atomic E-state index is 13.1. The molecular formula is C14H10FNO2. The average Bonchev–Trinajstić information content (AvgIpc) is 2.73. The molecule has 3 nitrogen and oxygen atoms in total. The monoisotopic (exact) mass is 243 g/mol. The standard InChI is InChI=1S/C14H10FNO2/c1-8-4-2-3-5-10(8)14-16-13-11(17)6-9(15)7-12(13)18-14/h2-7,17H,1H3. The van der Waals surface area contributed by atoms with E-state index in [1.165, 1.54) is 6.07 Å². The maximum Gasteiger partial charge on any atom is 0.227 e. The summed E-state index contributed by atoms with van der Waals surface area (Å²) in [4.78, 5) is 4.20. The quantitative estimate of drug-likeness (QED) is 0.709. The first-order valence-corrected chi connectivity index (χ1v) is 5.50. The van der Waals surface area contributed by atoms with Crippen LogP contribution in [0.25, 0.3) is 22.6 Å². The lowest BCUT2D eigenvalue weighted by Gasteiger charge is -1.98. The summed E-state index contributed by atoms with van der Waals surface area (Å²) in [6, 6.07) is 9.82. The average molecular weight is 243 g/mol. The maximum absolute atomic E-state index is 13.1. The van der Waals surface area contributed by atoms with E-state index >= 15 is 0 Å². The van der Waals surface area contributed by atoms with E-state index in [9.17, 15) is 9.50 Å². The van der Waals surface area contributed by atoms with Gasteiger partial charge in [-0.1, -0.05) is 18.2 Å². The van der Waals surface area contributed by atoms with Crippen LogP contribution in [0.2, 0.25) is 0 Å². The van der Waals surface area contributed by atoms with Crippen molar-refractivity contribution in [3.63, 3.8) is 0 Å². The third-order valence-corrected chi connectivity index (χ3v) is 2.82. The van der Waals surface area contributed by atoms with Crippen LogP contribution < -0.4 is 0 Å². The number of fused-ring (bicyclic) bond motifs is 1. The van der Waals surface area contributed by atoms with Crippen LogP contribution in [0.4, 0.5) is 4.39 Å². The van der Waals surface area contributed by atoms with Gasteiger partial charge < -0.3 is 9.52 Å². The minimum Gasteiger partial charge on any atom is -0.505 e. The zero-order valence-corrected chi connectivity index (χ0v) is 9.64. The molecule has 0 amide bonds. The predicted octanol–water partition coefficient (Wildman–Crippen LogP) is 3.65. The van der Waals surface area contributed by atoms with Gasteiger partial charge in [0.2, 0.25) is 5.89 Å². The largest absolute Gasteiger partial charge is 0.505 e. The second kappa shape index (κ2) is 3.84. The van der Waals surface area contributed by atoms with Gasteiger partial charge >= 0.3 is 0 Å². The van der Waals surface area contributed by atoms with Crippen LogP contribution in [-0.2, 0) is 0 Å². The smallest absolute Gasteiger partial charge is 0.227 e. The summed E-state index contributed by atoms with van der Waals surface area (Å²) in [6.45, 7) is 1.94. The number of hydrogen-bond donors (Lipinski definition) is 1. The van der Waals surface area contributed by atoms with Gasteiger partial charge in [0.15, 0.2) is 11.1 Å². The summed E-state index contributed by atoms with van der Waals surface area (Å²) in [5.74, 6) is -0.384. The van der Waals surface area contributed by atoms with E-state index in [0.29, 0.717) is 5.89 Å². The number of phenolic OH excluding ortho intramolecular Hbond substituents is 1. The molecule has 0 saturated heterocycles. The van der Waals surface area contributed by atoms with Crippen molar-refractivity contribution in [3.8, 4) is 17.2 Å². The summed E-state index contributed by atoms with van der Waals surface area (Å²) in [5, 5.41) is 9.62. The van der Waals surface area contributed by atoms with Crippen molar-refractivity contribution in [1.82, 2.24) is 4.98 Å². The number of oxazole rings is 1. The van der Waals surface area contributed by atoms with E-state index in [0.717, 1.165) is 17.2 Å². The molecule has 0 unspecified atom stereocenters. The molecule has 4 heteroatoms. The Balaban J connectivity index is 2.26. The molecule has 0 atom stereocenters. The Kier molecular flexibility index (Phi) is 2.30. The summed E-state index contributed by atoms with van der Waals surface area (Å²) in [6.07, 6.45) is 0. The van der Waals surface area contributed by atoms with Crippen LogP contribution in [0.15, 0.2) is 40.8 Å². The van der Waals surface area contributed by atoms with E-state index in [2.05, 4.69) is 4.98 Å². The molecule has 1 heterocycles. The summed E-state index contributed by atoms with van der Waals surface area (Å²) in [7, 11) is 0. The van der Waals surface area contributed by atoms with Gasteiger partial charge in [0, 0.05) is 17.7 Å². The van der Waals surface area contributed by atoms with E-state index in [1.807, 2.05) is 31.2 Å². The second-order valence-electron chi connectivity index (χ2n) is 4.11. The van der Waals surface area contributed by atoms with Gasteiger partial charge in [0.1, 0.15) is 11.6 Å². The predicted molar refractivity (Wildman–Crippen MR) is 65.8 cm³/mol. The third kappa shape index (κ3) is 1.62. The lowest BCUT2D eigenvalue weighted by Crippen LogP contribution is -1.81. The van der Waals surface area contributed by atoms with Gasteiger partial charge in [0.25, 0.3) is 0 Å². The highest BCUT2D eigenvalue weighted by atomic mass is 19.1. The lowest BCUT2D eigenvalue weighted by atomic mass is 10.1. The minimum absolute atomic E-state index is 0.214. The number of aryl methyl sites for hydroxylation is 1. The molecule has 0 aliphatic carbocycles. The number of rotatable bonds is 1. The molecule has 90 valence electrons. The van der Waals surface area contributed by atoms with E-state index in [1.54, 1.807) is 0 Å². The fourth-order valence-electron chi connectivity index (χ4n) is 1.91. The van der Waals surface area contributed by atoms with Crippen molar-refractivity contribution in [2.45, 2.75) is 6.92 Å². The summed E-state index contributed by atoms with van der Waals surface area (Å²) < 4.78 is 18.6. The highest BCUT2D eigenvalue weighted by molar-refractivity contribution is 5.82. The van der Waals surface area contributed by atoms with Crippen molar-refractivity contribution < 1.29 is 13.9 Å². The SMILES string of the molecule is Cc1ccccc1-c1nc2c(O)cc(F)cc2o1. The number of nitrogens with zero attached hydrogens (tertiary/aromatic N) is 1. The van der Waals surface area contributed by atoms with E-state index < -0.39 is 5.82 Å². The molecule has 0 aliphatic rings. The van der Waals surface area contributed by atoms with Crippen LogP contribution in [0.5, 0.6) is 5.75 Å². The molecule has 0 radical (unpaired) electrons. The summed E-state index contributed by atoms with van der Waals surface area (Å²) >= 11 is 0. The van der Waals surface area contributed by atoms with Crippen LogP contribution in [-0.4, -0.2) is 10.1 Å². The first-order chi connectivity index (χ1) is 8.65. The zero-order chi connectivity index (χ0) is 12.7. The molecule has 18 heavy (non-hydrogen) atoms. The number of aromatic nitrogens is 1. The number of aromatic hydroxyl groups is 1. The van der Waals surface area contributed by atoms with Crippen molar-refractivity contribution in [2.75, 3.05) is 0 Å². The molecule has 1 N–H and O–H groups in total. The van der Waals surface area contributed by atoms with Crippen molar-refractivity contribution >= 4 is 11.1 Å².